The highest BCUT2D eigenvalue weighted by atomic mass is 16.7. The van der Waals surface area contributed by atoms with Gasteiger partial charge in [-0.05, 0) is 31.8 Å². The fourth-order valence-electron chi connectivity index (χ4n) is 5.22. The smallest absolute Gasteiger partial charge is 0.334 e. The number of rotatable bonds is 0. The van der Waals surface area contributed by atoms with Crippen molar-refractivity contribution in [3.05, 3.63) is 11.1 Å². The first-order chi connectivity index (χ1) is 8.93. The highest BCUT2D eigenvalue weighted by Gasteiger charge is 2.93. The zero-order chi connectivity index (χ0) is 13.2. The minimum atomic E-state index is -0.191. The summed E-state index contributed by atoms with van der Waals surface area (Å²) in [4.78, 5) is 11.8. The Bertz CT molecular complexity index is 566. The first-order valence-electron chi connectivity index (χ1n) is 7.22. The molecule has 0 radical (unpaired) electrons. The monoisotopic (exact) mass is 262 g/mol. The number of epoxide rings is 2. The Labute approximate surface area is 112 Å². The van der Waals surface area contributed by atoms with Crippen molar-refractivity contribution >= 4 is 5.97 Å². The molecule has 0 amide bonds. The molecule has 4 unspecified atom stereocenters. The van der Waals surface area contributed by atoms with Gasteiger partial charge in [0.25, 0.3) is 0 Å². The molecule has 2 saturated carbocycles. The standard InChI is InChI=1S/C15H18O4/c1-7-4-10-9(8(2)12(16)17-10)5-14-13(3,19-14)6-11-15(7,14)18-11/h7,10-11H,4-6H2,1-3H3/t7?,10-,11?,13+,14?,15?/m0/s1. The molecule has 4 fully saturated rings. The zero-order valence-electron chi connectivity index (χ0n) is 11.5. The molecule has 0 N–H and O–H groups in total. The van der Waals surface area contributed by atoms with E-state index in [4.69, 9.17) is 14.2 Å². The normalized spacial score (nSPS) is 60.8. The maximum absolute atomic E-state index is 11.8. The Morgan fingerprint density at radius 1 is 1.37 bits per heavy atom. The summed E-state index contributed by atoms with van der Waals surface area (Å²) in [6.07, 6.45) is 3.00. The maximum atomic E-state index is 11.8. The molecule has 19 heavy (non-hydrogen) atoms. The van der Waals surface area contributed by atoms with Crippen LogP contribution in [-0.2, 0) is 19.0 Å². The molecule has 4 heteroatoms. The quantitative estimate of drug-likeness (QED) is 0.493. The summed E-state index contributed by atoms with van der Waals surface area (Å²) < 4.78 is 17.8. The van der Waals surface area contributed by atoms with E-state index < -0.39 is 0 Å². The number of carbonyl (C=O) groups is 1. The van der Waals surface area contributed by atoms with Gasteiger partial charge < -0.3 is 14.2 Å². The summed E-state index contributed by atoms with van der Waals surface area (Å²) in [5, 5.41) is 0. The van der Waals surface area contributed by atoms with Crippen LogP contribution >= 0.6 is 0 Å². The van der Waals surface area contributed by atoms with E-state index in [1.807, 2.05) is 6.92 Å². The van der Waals surface area contributed by atoms with Crippen LogP contribution in [0.5, 0.6) is 0 Å². The number of ether oxygens (including phenoxy) is 3. The Hall–Kier alpha value is -0.870. The molecule has 6 atom stereocenters. The minimum Gasteiger partial charge on any atom is -0.454 e. The Morgan fingerprint density at radius 3 is 2.95 bits per heavy atom. The minimum absolute atomic E-state index is 0.0437. The largest absolute Gasteiger partial charge is 0.454 e. The molecule has 0 bridgehead atoms. The molecule has 4 nitrogen and oxygen atoms in total. The zero-order valence-corrected chi connectivity index (χ0v) is 11.5. The molecule has 0 aromatic rings. The van der Waals surface area contributed by atoms with Crippen LogP contribution in [0, 0.1) is 5.92 Å². The molecule has 0 aromatic heterocycles. The third-order valence-electron chi connectivity index (χ3n) is 6.34. The van der Waals surface area contributed by atoms with E-state index in [0.717, 1.165) is 30.4 Å². The van der Waals surface area contributed by atoms with E-state index in [1.165, 1.54) is 0 Å². The van der Waals surface area contributed by atoms with E-state index in [0.29, 0.717) is 12.0 Å². The summed E-state index contributed by atoms with van der Waals surface area (Å²) in [6, 6.07) is 0. The van der Waals surface area contributed by atoms with Gasteiger partial charge in [-0.1, -0.05) is 6.92 Å². The van der Waals surface area contributed by atoms with Crippen molar-refractivity contribution < 1.29 is 19.0 Å². The first-order valence-corrected chi connectivity index (χ1v) is 7.22. The Kier molecular flexibility index (Phi) is 1.51. The number of carbonyl (C=O) groups excluding carboxylic acids is 1. The summed E-state index contributed by atoms with van der Waals surface area (Å²) in [5.74, 6) is 0.233. The van der Waals surface area contributed by atoms with Crippen molar-refractivity contribution in [1.29, 1.82) is 0 Å². The van der Waals surface area contributed by atoms with Crippen LogP contribution < -0.4 is 0 Å². The van der Waals surface area contributed by atoms with Crippen molar-refractivity contribution in [2.45, 2.75) is 69.0 Å². The van der Waals surface area contributed by atoms with Crippen LogP contribution in [0.4, 0.5) is 0 Å². The van der Waals surface area contributed by atoms with Crippen LogP contribution in [0.2, 0.25) is 0 Å². The third-order valence-corrected chi connectivity index (χ3v) is 6.34. The molecule has 3 heterocycles. The second-order valence-electron chi connectivity index (χ2n) is 7.12. The van der Waals surface area contributed by atoms with Gasteiger partial charge in [0, 0.05) is 18.4 Å². The van der Waals surface area contributed by atoms with Crippen LogP contribution in [-0.4, -0.2) is 35.0 Å². The fourth-order valence-corrected chi connectivity index (χ4v) is 5.22. The average molecular weight is 262 g/mol. The highest BCUT2D eigenvalue weighted by molar-refractivity contribution is 5.91. The lowest BCUT2D eigenvalue weighted by molar-refractivity contribution is -0.140. The van der Waals surface area contributed by atoms with Gasteiger partial charge >= 0.3 is 5.97 Å². The van der Waals surface area contributed by atoms with Crippen molar-refractivity contribution in [2.24, 2.45) is 5.92 Å². The molecule has 5 aliphatic rings. The van der Waals surface area contributed by atoms with Gasteiger partial charge in [-0.3, -0.25) is 0 Å². The van der Waals surface area contributed by atoms with Crippen molar-refractivity contribution in [1.82, 2.24) is 0 Å². The summed E-state index contributed by atoms with van der Waals surface area (Å²) >= 11 is 0. The van der Waals surface area contributed by atoms with Gasteiger partial charge in [-0.15, -0.1) is 0 Å². The molecule has 3 aliphatic heterocycles. The predicted molar refractivity (Wildman–Crippen MR) is 65.4 cm³/mol. The fraction of sp³-hybridized carbons (Fsp3) is 0.800. The summed E-state index contributed by atoms with van der Waals surface area (Å²) in [6.45, 7) is 6.31. The third kappa shape index (κ3) is 0.897. The van der Waals surface area contributed by atoms with Gasteiger partial charge in [-0.25, -0.2) is 4.79 Å². The molecule has 2 spiro atoms. The summed E-state index contributed by atoms with van der Waals surface area (Å²) in [7, 11) is 0. The number of fused-ring (bicyclic) bond motifs is 1. The first kappa shape index (κ1) is 10.9. The van der Waals surface area contributed by atoms with Crippen molar-refractivity contribution in [3.8, 4) is 0 Å². The number of hydrogen-bond donors (Lipinski definition) is 0. The predicted octanol–water partition coefficient (Wildman–Crippen LogP) is 1.73. The van der Waals surface area contributed by atoms with Gasteiger partial charge in [0.2, 0.25) is 0 Å². The Morgan fingerprint density at radius 2 is 2.16 bits per heavy atom. The lowest BCUT2D eigenvalue weighted by Gasteiger charge is -2.23. The lowest BCUT2D eigenvalue weighted by Crippen LogP contribution is -2.40. The second-order valence-corrected chi connectivity index (χ2v) is 7.12. The molecule has 5 rings (SSSR count). The number of hydrogen-bond acceptors (Lipinski definition) is 4. The molecular formula is C15H18O4. The van der Waals surface area contributed by atoms with Crippen LogP contribution in [0.15, 0.2) is 11.1 Å². The Balaban J connectivity index is 1.67. The SMILES string of the molecule is CC1=C2CC34O[C@]3(C)CC3OC34C(C)C[C@@H]2OC1=O. The molecule has 102 valence electrons. The van der Waals surface area contributed by atoms with Crippen LogP contribution in [0.3, 0.4) is 0 Å². The van der Waals surface area contributed by atoms with E-state index in [-0.39, 0.29) is 28.9 Å². The van der Waals surface area contributed by atoms with Gasteiger partial charge in [0.1, 0.15) is 22.9 Å². The van der Waals surface area contributed by atoms with Crippen LogP contribution in [0.25, 0.3) is 0 Å². The van der Waals surface area contributed by atoms with Crippen molar-refractivity contribution in [2.75, 3.05) is 0 Å². The van der Waals surface area contributed by atoms with Gasteiger partial charge in [-0.2, -0.15) is 0 Å². The van der Waals surface area contributed by atoms with E-state index in [2.05, 4.69) is 13.8 Å². The lowest BCUT2D eigenvalue weighted by atomic mass is 9.78. The molecular weight excluding hydrogens is 244 g/mol. The maximum Gasteiger partial charge on any atom is 0.334 e. The molecule has 0 aromatic carbocycles. The van der Waals surface area contributed by atoms with E-state index >= 15 is 0 Å². The highest BCUT2D eigenvalue weighted by Crippen LogP contribution is 2.78. The van der Waals surface area contributed by atoms with Crippen LogP contribution in [0.1, 0.15) is 40.0 Å². The van der Waals surface area contributed by atoms with E-state index in [9.17, 15) is 4.79 Å². The van der Waals surface area contributed by atoms with Crippen molar-refractivity contribution in [3.63, 3.8) is 0 Å². The molecule has 2 aliphatic carbocycles. The second kappa shape index (κ2) is 2.63. The number of esters is 1. The van der Waals surface area contributed by atoms with Gasteiger partial charge in [0.15, 0.2) is 0 Å². The summed E-state index contributed by atoms with van der Waals surface area (Å²) in [5.41, 5.74) is 1.62. The molecule has 2 saturated heterocycles. The topological polar surface area (TPSA) is 51.4 Å². The average Bonchev–Trinajstić information content (AvgIpc) is 3.16. The van der Waals surface area contributed by atoms with E-state index in [1.54, 1.807) is 0 Å². The van der Waals surface area contributed by atoms with Gasteiger partial charge in [0.05, 0.1) is 6.10 Å².